The van der Waals surface area contributed by atoms with Crippen molar-refractivity contribution in [3.63, 3.8) is 0 Å². The van der Waals surface area contributed by atoms with Gasteiger partial charge in [0.05, 0.1) is 18.0 Å². The van der Waals surface area contributed by atoms with E-state index in [1.807, 2.05) is 0 Å². The molecular weight excluding hydrogens is 616 g/mol. The van der Waals surface area contributed by atoms with Gasteiger partial charge in [-0.25, -0.2) is 0 Å². The van der Waals surface area contributed by atoms with Crippen molar-refractivity contribution in [3.8, 4) is 0 Å². The normalized spacial score (nSPS) is 16.1. The summed E-state index contributed by atoms with van der Waals surface area (Å²) in [6.45, 7) is 2.41. The molecule has 0 amide bonds. The molecule has 18 heteroatoms. The molecule has 1 saturated heterocycles. The lowest BCUT2D eigenvalue weighted by atomic mass is 10.0. The zero-order chi connectivity index (χ0) is 24.4. The molecule has 13 nitrogen and oxygen atoms in total. The van der Waals surface area contributed by atoms with Crippen LogP contribution in [0.25, 0.3) is 0 Å². The van der Waals surface area contributed by atoms with Crippen LogP contribution in [0.3, 0.4) is 0 Å². The fourth-order valence-corrected chi connectivity index (χ4v) is 3.72. The summed E-state index contributed by atoms with van der Waals surface area (Å²) < 4.78 is 0. The Balaban J connectivity index is -0.00000116. The van der Waals surface area contributed by atoms with Gasteiger partial charge in [0, 0.05) is 64.5 Å². The summed E-state index contributed by atoms with van der Waals surface area (Å²) in [6.07, 6.45) is 0. The topological polar surface area (TPSA) is 177 Å². The first-order chi connectivity index (χ1) is 15.7. The molecule has 1 unspecified atom stereocenters. The molecule has 0 radical (unpaired) electrons. The highest BCUT2D eigenvalue weighted by molar-refractivity contribution is 5.86. The molecule has 1 heterocycles. The minimum Gasteiger partial charge on any atom is -0.480 e. The van der Waals surface area contributed by atoms with E-state index in [1.165, 1.54) is 24.3 Å². The van der Waals surface area contributed by atoms with Gasteiger partial charge in [0.25, 0.3) is 5.69 Å². The van der Waals surface area contributed by atoms with Gasteiger partial charge in [-0.1, -0.05) is 12.1 Å². The Labute approximate surface area is 251 Å². The quantitative estimate of drug-likeness (QED) is 0.236. The van der Waals surface area contributed by atoms with E-state index in [9.17, 15) is 34.7 Å². The second-order valence-electron chi connectivity index (χ2n) is 7.72. The molecule has 1 aromatic rings. The molecule has 38 heavy (non-hydrogen) atoms. The molecule has 1 fully saturated rings. The van der Waals surface area contributed by atoms with Crippen molar-refractivity contribution in [2.24, 2.45) is 0 Å². The van der Waals surface area contributed by atoms with Crippen LogP contribution < -0.4 is 5.32 Å². The Morgan fingerprint density at radius 2 is 1.24 bits per heavy atom. The number of hydrogen-bond donors (Lipinski definition) is 4. The molecular formula is C20H34Cl5N5O8. The van der Waals surface area contributed by atoms with E-state index in [0.29, 0.717) is 44.8 Å². The third-order valence-corrected chi connectivity index (χ3v) is 5.35. The molecule has 1 atom stereocenters. The van der Waals surface area contributed by atoms with Crippen LogP contribution in [0.4, 0.5) is 5.69 Å². The Morgan fingerprint density at radius 1 is 0.789 bits per heavy atom. The fourth-order valence-electron chi connectivity index (χ4n) is 3.72. The number of aliphatic carboxylic acids is 3. The third-order valence-electron chi connectivity index (χ3n) is 5.35. The van der Waals surface area contributed by atoms with E-state index < -0.39 is 28.9 Å². The van der Waals surface area contributed by atoms with Gasteiger partial charge in [0.15, 0.2) is 0 Å². The minimum atomic E-state index is -1.12. The van der Waals surface area contributed by atoms with Gasteiger partial charge in [-0.15, -0.1) is 62.0 Å². The number of nitrogens with zero attached hydrogens (tertiary/aromatic N) is 4. The van der Waals surface area contributed by atoms with Crippen molar-refractivity contribution in [2.45, 2.75) is 6.04 Å². The number of halogens is 5. The van der Waals surface area contributed by atoms with E-state index in [4.69, 9.17) is 5.11 Å². The minimum absolute atomic E-state index is 0. The van der Waals surface area contributed by atoms with Crippen LogP contribution in [-0.2, 0) is 14.4 Å². The number of carbonyl (C=O) groups is 3. The first-order valence-corrected chi connectivity index (χ1v) is 10.5. The monoisotopic (exact) mass is 647 g/mol. The van der Waals surface area contributed by atoms with Gasteiger partial charge in [0.1, 0.15) is 6.04 Å². The number of rotatable bonds is 8. The van der Waals surface area contributed by atoms with Crippen LogP contribution in [0.15, 0.2) is 24.3 Å². The number of nitro benzene ring substituents is 1. The highest BCUT2D eigenvalue weighted by atomic mass is 35.5. The Kier molecular flexibility index (Phi) is 25.3. The summed E-state index contributed by atoms with van der Waals surface area (Å²) in [5.41, 5.74) is 0.245. The number of carboxylic acid groups (broad SMARTS) is 3. The zero-order valence-electron chi connectivity index (χ0n) is 20.2. The summed E-state index contributed by atoms with van der Waals surface area (Å²) >= 11 is 0. The molecule has 0 aliphatic carbocycles. The summed E-state index contributed by atoms with van der Waals surface area (Å²) in [5.74, 6) is -3.12. The fraction of sp³-hybridized carbons (Fsp3) is 0.550. The lowest BCUT2D eigenvalue weighted by Gasteiger charge is -2.33. The second kappa shape index (κ2) is 22.2. The number of hydrogen-bond acceptors (Lipinski definition) is 9. The van der Waals surface area contributed by atoms with Crippen LogP contribution in [-0.4, -0.2) is 118 Å². The molecule has 4 N–H and O–H groups in total. The molecule has 0 saturated carbocycles. The Hall–Kier alpha value is -1.68. The lowest BCUT2D eigenvalue weighted by molar-refractivity contribution is -0.384. The lowest BCUT2D eigenvalue weighted by Crippen LogP contribution is -2.48. The van der Waals surface area contributed by atoms with Crippen LogP contribution >= 0.6 is 62.0 Å². The summed E-state index contributed by atoms with van der Waals surface area (Å²) in [7, 11) is 0. The summed E-state index contributed by atoms with van der Waals surface area (Å²) in [6, 6.07) is 4.28. The number of benzene rings is 1. The molecule has 0 bridgehead atoms. The smallest absolute Gasteiger partial charge is 0.325 e. The molecule has 1 aliphatic heterocycles. The van der Waals surface area contributed by atoms with Crippen molar-refractivity contribution < 1.29 is 34.6 Å². The summed E-state index contributed by atoms with van der Waals surface area (Å²) in [5, 5.41) is 42.4. The van der Waals surface area contributed by atoms with E-state index >= 15 is 0 Å². The van der Waals surface area contributed by atoms with E-state index in [-0.39, 0.29) is 93.9 Å². The standard InChI is InChI=1S/C20H29N5O8.5ClH/c26-17(27)13-22-7-5-21-6-8-24(12-11-23(10-9-22)14-18(28)29)19(20(30)31)15-1-3-16(4-2-15)25(32)33;;;;;/h1-4,19,21H,5-14H2,(H,26,27)(H,28,29)(H,30,31);5*1H. The van der Waals surface area contributed by atoms with Crippen molar-refractivity contribution >= 4 is 85.6 Å². The average molecular weight is 650 g/mol. The Bertz CT molecular complexity index is 856. The van der Waals surface area contributed by atoms with Crippen molar-refractivity contribution in [1.29, 1.82) is 0 Å². The van der Waals surface area contributed by atoms with Gasteiger partial charge in [-0.3, -0.25) is 39.2 Å². The van der Waals surface area contributed by atoms with Crippen LogP contribution in [0, 0.1) is 10.1 Å². The van der Waals surface area contributed by atoms with Gasteiger partial charge in [-0.05, 0) is 5.56 Å². The van der Waals surface area contributed by atoms with Gasteiger partial charge in [0.2, 0.25) is 0 Å². The summed E-state index contributed by atoms with van der Waals surface area (Å²) in [4.78, 5) is 50.0. The predicted molar refractivity (Wildman–Crippen MR) is 152 cm³/mol. The van der Waals surface area contributed by atoms with Crippen molar-refractivity contribution in [1.82, 2.24) is 20.0 Å². The molecule has 222 valence electrons. The maximum atomic E-state index is 12.1. The van der Waals surface area contributed by atoms with Crippen molar-refractivity contribution in [3.05, 3.63) is 39.9 Å². The van der Waals surface area contributed by atoms with Crippen LogP contribution in [0.2, 0.25) is 0 Å². The largest absolute Gasteiger partial charge is 0.480 e. The maximum absolute atomic E-state index is 12.1. The van der Waals surface area contributed by atoms with Gasteiger partial charge in [-0.2, -0.15) is 0 Å². The van der Waals surface area contributed by atoms with Gasteiger partial charge < -0.3 is 20.6 Å². The first-order valence-electron chi connectivity index (χ1n) is 10.5. The van der Waals surface area contributed by atoms with E-state index in [1.54, 1.807) is 14.7 Å². The maximum Gasteiger partial charge on any atom is 0.325 e. The highest BCUT2D eigenvalue weighted by Gasteiger charge is 2.28. The highest BCUT2D eigenvalue weighted by Crippen LogP contribution is 2.23. The SMILES string of the molecule is Cl.Cl.Cl.Cl.Cl.O=C(O)CN1CCNCCN(C(C(=O)O)c2ccc([N+](=O)[O-])cc2)CCN(CC(=O)O)CC1. The molecule has 2 rings (SSSR count). The molecule has 1 aromatic carbocycles. The predicted octanol–water partition coefficient (Wildman–Crippen LogP) is 1.51. The molecule has 0 spiro atoms. The number of nitrogens with one attached hydrogen (secondary N) is 1. The third kappa shape index (κ3) is 15.0. The number of carboxylic acids is 3. The van der Waals surface area contributed by atoms with E-state index in [2.05, 4.69) is 5.32 Å². The molecule has 0 aromatic heterocycles. The zero-order valence-corrected chi connectivity index (χ0v) is 24.3. The van der Waals surface area contributed by atoms with Crippen LogP contribution in [0.1, 0.15) is 11.6 Å². The van der Waals surface area contributed by atoms with Crippen molar-refractivity contribution in [2.75, 3.05) is 65.4 Å². The number of non-ortho nitro benzene ring substituents is 1. The van der Waals surface area contributed by atoms with E-state index in [0.717, 1.165) is 0 Å². The average Bonchev–Trinajstić information content (AvgIpc) is 2.73. The first kappa shape index (κ1) is 43.4. The van der Waals surface area contributed by atoms with Gasteiger partial charge >= 0.3 is 17.9 Å². The molecule has 1 aliphatic rings. The number of nitro groups is 1. The van der Waals surface area contributed by atoms with Crippen LogP contribution in [0.5, 0.6) is 0 Å². The second-order valence-corrected chi connectivity index (χ2v) is 7.72. The Morgan fingerprint density at radius 3 is 1.68 bits per heavy atom.